The third kappa shape index (κ3) is 4.16. The number of nitrogens with two attached hydrogens (primary N) is 1. The maximum atomic E-state index is 12.8. The Morgan fingerprint density at radius 3 is 2.70 bits per heavy atom. The quantitative estimate of drug-likeness (QED) is 0.715. The van der Waals surface area contributed by atoms with Gasteiger partial charge in [-0.1, -0.05) is 6.07 Å². The van der Waals surface area contributed by atoms with Crippen molar-refractivity contribution in [2.24, 2.45) is 0 Å². The van der Waals surface area contributed by atoms with Crippen molar-refractivity contribution in [3.8, 4) is 0 Å². The molecule has 3 rings (SSSR count). The molecule has 0 aromatic carbocycles. The summed E-state index contributed by atoms with van der Waals surface area (Å²) in [7, 11) is 1.80. The number of likely N-dealkylation sites (tertiary alicyclic amines) is 1. The Kier molecular flexibility index (Phi) is 5.54. The summed E-state index contributed by atoms with van der Waals surface area (Å²) in [5, 5.41) is 5.60. The second kappa shape index (κ2) is 8.03. The smallest absolute Gasteiger partial charge is 0.313 e. The van der Waals surface area contributed by atoms with Crippen LogP contribution in [-0.4, -0.2) is 40.3 Å². The molecule has 27 heavy (non-hydrogen) atoms. The van der Waals surface area contributed by atoms with E-state index in [1.165, 1.54) is 6.20 Å². The Balaban J connectivity index is 1.75. The molecule has 3 heterocycles. The van der Waals surface area contributed by atoms with Crippen LogP contribution in [0.15, 0.2) is 30.6 Å². The monoisotopic (exact) mass is 368 g/mol. The Labute approximate surface area is 158 Å². The number of amides is 2. The van der Waals surface area contributed by atoms with E-state index in [-0.39, 0.29) is 6.04 Å². The number of carbonyl (C=O) groups excluding carboxylic acids is 2. The van der Waals surface area contributed by atoms with Gasteiger partial charge in [-0.2, -0.15) is 0 Å². The average molecular weight is 368 g/mol. The van der Waals surface area contributed by atoms with E-state index in [1.807, 2.05) is 12.1 Å². The van der Waals surface area contributed by atoms with Crippen molar-refractivity contribution >= 4 is 29.1 Å². The lowest BCUT2D eigenvalue weighted by Gasteiger charge is -2.35. The summed E-state index contributed by atoms with van der Waals surface area (Å²) in [6, 6.07) is 5.36. The van der Waals surface area contributed by atoms with E-state index in [4.69, 9.17) is 5.73 Å². The molecule has 8 heteroatoms. The molecule has 1 atom stereocenters. The highest BCUT2D eigenvalue weighted by Gasteiger charge is 2.32. The molecule has 2 aromatic heterocycles. The number of hydrogen-bond donors (Lipinski definition) is 3. The molecular formula is C19H24N6O2. The van der Waals surface area contributed by atoms with Crippen LogP contribution in [0.5, 0.6) is 0 Å². The van der Waals surface area contributed by atoms with E-state index >= 15 is 0 Å². The van der Waals surface area contributed by atoms with Crippen LogP contribution in [0.4, 0.5) is 17.3 Å². The second-order valence-corrected chi connectivity index (χ2v) is 6.62. The lowest BCUT2D eigenvalue weighted by atomic mass is 9.96. The number of carbonyl (C=O) groups is 2. The molecule has 1 fully saturated rings. The minimum Gasteiger partial charge on any atom is -0.383 e. The van der Waals surface area contributed by atoms with Crippen molar-refractivity contribution in [2.45, 2.75) is 32.2 Å². The number of nitrogens with zero attached hydrogens (tertiary/aromatic N) is 3. The summed E-state index contributed by atoms with van der Waals surface area (Å²) in [4.78, 5) is 35.3. The number of rotatable bonds is 3. The van der Waals surface area contributed by atoms with Gasteiger partial charge in [-0.3, -0.25) is 9.59 Å². The SMILES string of the molecule is CNc1ccc([C@@H]2CCCCN2C(=O)C(=O)Nc2cnc(N)c(C)c2)cn1. The van der Waals surface area contributed by atoms with Gasteiger partial charge >= 0.3 is 11.8 Å². The fraction of sp³-hybridized carbons (Fsp3) is 0.368. The molecular weight excluding hydrogens is 344 g/mol. The number of piperidine rings is 1. The van der Waals surface area contributed by atoms with E-state index in [9.17, 15) is 9.59 Å². The number of aromatic nitrogens is 2. The molecule has 8 nitrogen and oxygen atoms in total. The van der Waals surface area contributed by atoms with Crippen molar-refractivity contribution in [2.75, 3.05) is 30.0 Å². The Hall–Kier alpha value is -3.16. The predicted octanol–water partition coefficient (Wildman–Crippen LogP) is 2.10. The van der Waals surface area contributed by atoms with Crippen LogP contribution < -0.4 is 16.4 Å². The molecule has 0 bridgehead atoms. The lowest BCUT2D eigenvalue weighted by Crippen LogP contribution is -2.44. The zero-order chi connectivity index (χ0) is 19.4. The highest BCUT2D eigenvalue weighted by Crippen LogP contribution is 2.31. The van der Waals surface area contributed by atoms with Crippen molar-refractivity contribution in [1.82, 2.24) is 14.9 Å². The van der Waals surface area contributed by atoms with Crippen LogP contribution in [0.1, 0.15) is 36.4 Å². The molecule has 1 aliphatic rings. The Bertz CT molecular complexity index is 837. The van der Waals surface area contributed by atoms with Gasteiger partial charge in [0.1, 0.15) is 11.6 Å². The van der Waals surface area contributed by atoms with Crippen LogP contribution in [0.3, 0.4) is 0 Å². The first kappa shape index (κ1) is 18.6. The van der Waals surface area contributed by atoms with Gasteiger partial charge in [0.2, 0.25) is 0 Å². The number of aryl methyl sites for hydroxylation is 1. The number of hydrogen-bond acceptors (Lipinski definition) is 6. The van der Waals surface area contributed by atoms with Crippen LogP contribution in [0.2, 0.25) is 0 Å². The van der Waals surface area contributed by atoms with Crippen molar-refractivity contribution < 1.29 is 9.59 Å². The van der Waals surface area contributed by atoms with Gasteiger partial charge in [-0.15, -0.1) is 0 Å². The Morgan fingerprint density at radius 2 is 2.04 bits per heavy atom. The Morgan fingerprint density at radius 1 is 1.22 bits per heavy atom. The molecule has 2 amide bonds. The largest absolute Gasteiger partial charge is 0.383 e. The molecule has 2 aromatic rings. The summed E-state index contributed by atoms with van der Waals surface area (Å²) >= 11 is 0. The molecule has 1 saturated heterocycles. The summed E-state index contributed by atoms with van der Waals surface area (Å²) in [5.74, 6) is -0.0658. The van der Waals surface area contributed by atoms with Gasteiger partial charge in [0.25, 0.3) is 0 Å². The summed E-state index contributed by atoms with van der Waals surface area (Å²) in [6.07, 6.45) is 5.89. The highest BCUT2D eigenvalue weighted by atomic mass is 16.2. The molecule has 4 N–H and O–H groups in total. The summed E-state index contributed by atoms with van der Waals surface area (Å²) in [5.41, 5.74) is 7.82. The first-order chi connectivity index (χ1) is 13.0. The first-order valence-electron chi connectivity index (χ1n) is 8.97. The normalized spacial score (nSPS) is 16.7. The molecule has 0 unspecified atom stereocenters. The number of nitrogens with one attached hydrogen (secondary N) is 2. The van der Waals surface area contributed by atoms with Crippen LogP contribution in [0, 0.1) is 6.92 Å². The van der Waals surface area contributed by atoms with E-state index in [2.05, 4.69) is 20.6 Å². The van der Waals surface area contributed by atoms with Gasteiger partial charge < -0.3 is 21.3 Å². The van der Waals surface area contributed by atoms with Gasteiger partial charge in [-0.05, 0) is 49.4 Å². The van der Waals surface area contributed by atoms with Crippen molar-refractivity contribution in [1.29, 1.82) is 0 Å². The number of nitrogen functional groups attached to an aromatic ring is 1. The number of anilines is 3. The molecule has 0 aliphatic carbocycles. The van der Waals surface area contributed by atoms with Gasteiger partial charge in [-0.25, -0.2) is 9.97 Å². The maximum absolute atomic E-state index is 12.8. The van der Waals surface area contributed by atoms with E-state index in [0.717, 1.165) is 36.2 Å². The van der Waals surface area contributed by atoms with Crippen LogP contribution >= 0.6 is 0 Å². The first-order valence-corrected chi connectivity index (χ1v) is 8.97. The summed E-state index contributed by atoms with van der Waals surface area (Å²) < 4.78 is 0. The highest BCUT2D eigenvalue weighted by molar-refractivity contribution is 6.39. The second-order valence-electron chi connectivity index (χ2n) is 6.62. The molecule has 0 radical (unpaired) electrons. The summed E-state index contributed by atoms with van der Waals surface area (Å²) in [6.45, 7) is 2.34. The molecule has 142 valence electrons. The molecule has 1 aliphatic heterocycles. The average Bonchev–Trinajstić information content (AvgIpc) is 2.70. The van der Waals surface area contributed by atoms with Crippen molar-refractivity contribution in [3.63, 3.8) is 0 Å². The minimum atomic E-state index is -0.673. The molecule has 0 spiro atoms. The zero-order valence-electron chi connectivity index (χ0n) is 15.5. The van der Waals surface area contributed by atoms with E-state index in [0.29, 0.717) is 18.1 Å². The number of pyridine rings is 2. The van der Waals surface area contributed by atoms with Crippen LogP contribution in [-0.2, 0) is 9.59 Å². The zero-order valence-corrected chi connectivity index (χ0v) is 15.5. The van der Waals surface area contributed by atoms with Gasteiger partial charge in [0.05, 0.1) is 17.9 Å². The van der Waals surface area contributed by atoms with Gasteiger partial charge in [0, 0.05) is 19.8 Å². The van der Waals surface area contributed by atoms with Crippen LogP contribution in [0.25, 0.3) is 0 Å². The van der Waals surface area contributed by atoms with Crippen molar-refractivity contribution in [3.05, 3.63) is 41.7 Å². The standard InChI is InChI=1S/C19H24N6O2/c1-12-9-14(11-23-17(12)20)24-18(26)19(27)25-8-4-3-5-15(25)13-6-7-16(21-2)22-10-13/h6-7,9-11,15H,3-5,8H2,1-2H3,(H2,20,23)(H,21,22)(H,24,26)/t15-/m0/s1. The molecule has 0 saturated carbocycles. The lowest BCUT2D eigenvalue weighted by molar-refractivity contribution is -0.145. The third-order valence-corrected chi connectivity index (χ3v) is 4.76. The predicted molar refractivity (Wildman–Crippen MR) is 104 cm³/mol. The van der Waals surface area contributed by atoms with E-state index in [1.54, 1.807) is 31.1 Å². The fourth-order valence-electron chi connectivity index (χ4n) is 3.24. The topological polar surface area (TPSA) is 113 Å². The maximum Gasteiger partial charge on any atom is 0.313 e. The van der Waals surface area contributed by atoms with Gasteiger partial charge in [0.15, 0.2) is 0 Å². The minimum absolute atomic E-state index is 0.151. The third-order valence-electron chi connectivity index (χ3n) is 4.76. The fourth-order valence-corrected chi connectivity index (χ4v) is 3.24. The van der Waals surface area contributed by atoms with E-state index < -0.39 is 11.8 Å².